The fourth-order valence-electron chi connectivity index (χ4n) is 4.22. The number of hydrogen-bond acceptors (Lipinski definition) is 5. The molecule has 1 fully saturated rings. The molecule has 198 valence electrons. The monoisotopic (exact) mass is 531 g/mol. The molecule has 0 spiro atoms. The van der Waals surface area contributed by atoms with E-state index in [1.54, 1.807) is 0 Å². The largest absolute Gasteiger partial charge is 0.586 e. The smallest absolute Gasteiger partial charge is 0.395 e. The first-order valence-corrected chi connectivity index (χ1v) is 11.1. The first kappa shape index (κ1) is 13.7. The standard InChI is InChI=1S/C28H30F3NO5/c1-4-26(2,3)24-10-17-9-16(20(29)13-21(17)32(24)14-19(34)15-33)11-25(35)27(7-8-27)18-5-6-22-23(12-18)37-28(30,31)36-22/h5-6,9-10,12-13,19,33-34H,4,7-8,11,14-15H2,1-3H3/t19-/m0/s1/i2D3,4D2,5D,6D,9D,10D,12D,13D,15D2,19D/t19-,26?. The molecule has 0 amide bonds. The summed E-state index contributed by atoms with van der Waals surface area (Å²) in [6.07, 6.45) is -11.9. The molecule has 2 aliphatic rings. The summed E-state index contributed by atoms with van der Waals surface area (Å²) < 4.78 is 169. The van der Waals surface area contributed by atoms with Gasteiger partial charge in [0.1, 0.15) is 11.6 Å². The summed E-state index contributed by atoms with van der Waals surface area (Å²) >= 11 is 0. The zero-order valence-corrected chi connectivity index (χ0v) is 19.5. The molecule has 6 nitrogen and oxygen atoms in total. The Balaban J connectivity index is 1.75. The van der Waals surface area contributed by atoms with Crippen LogP contribution in [-0.2, 0) is 28.6 Å². The number of carbonyl (C=O) groups is 1. The van der Waals surface area contributed by atoms with Gasteiger partial charge in [-0.15, -0.1) is 8.78 Å². The Morgan fingerprint density at radius 3 is 2.68 bits per heavy atom. The van der Waals surface area contributed by atoms with E-state index in [-0.39, 0.29) is 12.8 Å². The van der Waals surface area contributed by atoms with Crippen LogP contribution >= 0.6 is 0 Å². The van der Waals surface area contributed by atoms with Gasteiger partial charge in [0.05, 0.1) is 42.5 Å². The van der Waals surface area contributed by atoms with Crippen LogP contribution in [0.25, 0.3) is 10.9 Å². The van der Waals surface area contributed by atoms with E-state index in [2.05, 4.69) is 9.47 Å². The highest BCUT2D eigenvalue weighted by Crippen LogP contribution is 2.52. The van der Waals surface area contributed by atoms with Crippen molar-refractivity contribution in [1.29, 1.82) is 0 Å². The third-order valence-electron chi connectivity index (χ3n) is 6.49. The lowest BCUT2D eigenvalue weighted by atomic mass is 9.86. The minimum absolute atomic E-state index is 0.109. The van der Waals surface area contributed by atoms with Crippen LogP contribution in [0.1, 0.15) is 75.9 Å². The number of aromatic nitrogens is 1. The van der Waals surface area contributed by atoms with Crippen molar-refractivity contribution in [3.63, 3.8) is 0 Å². The number of hydrogen-bond donors (Lipinski definition) is 2. The summed E-state index contributed by atoms with van der Waals surface area (Å²) in [5, 5.41) is 19.7. The van der Waals surface area contributed by atoms with Gasteiger partial charge in [-0.05, 0) is 60.6 Å². The molecule has 2 aromatic carbocycles. The first-order valence-electron chi connectivity index (χ1n) is 18.1. The van der Waals surface area contributed by atoms with Crippen LogP contribution in [0.15, 0.2) is 36.3 Å². The lowest BCUT2D eigenvalue weighted by Gasteiger charge is -2.26. The maximum absolute atomic E-state index is 16.2. The van der Waals surface area contributed by atoms with Gasteiger partial charge in [-0.3, -0.25) is 4.79 Å². The molecular weight excluding hydrogens is 487 g/mol. The van der Waals surface area contributed by atoms with E-state index in [0.29, 0.717) is 4.57 Å². The topological polar surface area (TPSA) is 80.9 Å². The molecule has 1 saturated carbocycles. The van der Waals surface area contributed by atoms with Crippen molar-refractivity contribution in [1.82, 2.24) is 4.57 Å². The number of nitrogens with zero attached hydrogens (tertiary/aromatic N) is 1. The number of rotatable bonds is 9. The Morgan fingerprint density at radius 2 is 2.03 bits per heavy atom. The third-order valence-corrected chi connectivity index (χ3v) is 6.49. The molecular formula is C28H30F3NO5. The lowest BCUT2D eigenvalue weighted by molar-refractivity contribution is -0.286. The molecule has 1 aromatic heterocycles. The zero-order chi connectivity index (χ0) is 39.0. The number of halogens is 3. The van der Waals surface area contributed by atoms with E-state index >= 15 is 4.39 Å². The van der Waals surface area contributed by atoms with Crippen molar-refractivity contribution in [2.75, 3.05) is 6.56 Å². The van der Waals surface area contributed by atoms with Crippen LogP contribution in [0.3, 0.4) is 0 Å². The van der Waals surface area contributed by atoms with Crippen LogP contribution in [0.5, 0.6) is 11.5 Å². The Bertz CT molecular complexity index is 1980. The van der Waals surface area contributed by atoms with E-state index < -0.39 is 143 Å². The highest BCUT2D eigenvalue weighted by Gasteiger charge is 2.52. The van der Waals surface area contributed by atoms with E-state index in [0.717, 1.165) is 13.8 Å². The maximum Gasteiger partial charge on any atom is 0.586 e. The summed E-state index contributed by atoms with van der Waals surface area (Å²) in [6.45, 7) is -6.95. The Morgan fingerprint density at radius 1 is 1.30 bits per heavy atom. The average Bonchev–Trinajstić information content (AvgIpc) is 3.62. The molecule has 1 aliphatic carbocycles. The quantitative estimate of drug-likeness (QED) is 0.407. The molecule has 5 rings (SSSR count). The number of alkyl halides is 2. The van der Waals surface area contributed by atoms with Gasteiger partial charge in [-0.2, -0.15) is 0 Å². The number of aliphatic hydroxyl groups is 2. The molecule has 2 heterocycles. The minimum atomic E-state index is -4.27. The van der Waals surface area contributed by atoms with Gasteiger partial charge >= 0.3 is 6.29 Å². The van der Waals surface area contributed by atoms with Crippen molar-refractivity contribution in [3.8, 4) is 11.5 Å². The second-order valence-corrected chi connectivity index (χ2v) is 9.02. The zero-order valence-electron chi connectivity index (χ0n) is 33.5. The first-order chi connectivity index (χ1) is 22.9. The van der Waals surface area contributed by atoms with Gasteiger partial charge in [-0.1, -0.05) is 26.7 Å². The predicted molar refractivity (Wildman–Crippen MR) is 131 cm³/mol. The Labute approximate surface area is 232 Å². The summed E-state index contributed by atoms with van der Waals surface area (Å²) in [5.41, 5.74) is -7.76. The molecule has 0 bridgehead atoms. The lowest BCUT2D eigenvalue weighted by Crippen LogP contribution is -2.26. The number of ether oxygens (including phenoxy) is 2. The van der Waals surface area contributed by atoms with Crippen LogP contribution in [-0.4, -0.2) is 39.5 Å². The molecule has 9 heteroatoms. The number of ketones is 1. The number of carbonyl (C=O) groups excluding carboxylic acids is 1. The van der Waals surface area contributed by atoms with Crippen molar-refractivity contribution in [2.45, 2.75) is 76.1 Å². The summed E-state index contributed by atoms with van der Waals surface area (Å²) in [4.78, 5) is 13.9. The minimum Gasteiger partial charge on any atom is -0.395 e. The maximum atomic E-state index is 16.2. The molecule has 0 radical (unpaired) electrons. The van der Waals surface area contributed by atoms with E-state index in [1.165, 1.54) is 0 Å². The van der Waals surface area contributed by atoms with E-state index in [1.807, 2.05) is 0 Å². The van der Waals surface area contributed by atoms with Gasteiger partial charge < -0.3 is 24.3 Å². The van der Waals surface area contributed by atoms with Crippen LogP contribution in [0.2, 0.25) is 0 Å². The average molecular weight is 532 g/mol. The highest BCUT2D eigenvalue weighted by molar-refractivity contribution is 5.95. The van der Waals surface area contributed by atoms with Crippen molar-refractivity contribution < 1.29 is 56.8 Å². The van der Waals surface area contributed by atoms with E-state index in [4.69, 9.17) is 19.2 Å². The highest BCUT2D eigenvalue weighted by atomic mass is 19.3. The number of fused-ring (bicyclic) bond motifs is 2. The third kappa shape index (κ3) is 4.48. The normalized spacial score (nSPS) is 27.0. The summed E-state index contributed by atoms with van der Waals surface area (Å²) in [7, 11) is 0. The van der Waals surface area contributed by atoms with Gasteiger partial charge in [-0.25, -0.2) is 4.39 Å². The fourth-order valence-corrected chi connectivity index (χ4v) is 4.22. The summed E-state index contributed by atoms with van der Waals surface area (Å²) in [5.74, 6) is -4.40. The van der Waals surface area contributed by atoms with Crippen molar-refractivity contribution >= 4 is 16.7 Å². The van der Waals surface area contributed by atoms with Gasteiger partial charge in [0.2, 0.25) is 0 Å². The summed E-state index contributed by atoms with van der Waals surface area (Å²) in [6, 6.07) is -5.85. The van der Waals surface area contributed by atoms with Gasteiger partial charge in [0.25, 0.3) is 0 Å². The van der Waals surface area contributed by atoms with Crippen molar-refractivity contribution in [2.24, 2.45) is 0 Å². The van der Waals surface area contributed by atoms with Crippen molar-refractivity contribution in [3.05, 3.63) is 58.9 Å². The predicted octanol–water partition coefficient (Wildman–Crippen LogP) is 4.99. The molecule has 0 saturated heterocycles. The Kier molecular flexibility index (Phi) is 3.24. The molecule has 2 atom stereocenters. The van der Waals surface area contributed by atoms with Gasteiger partial charge in [0.15, 0.2) is 11.5 Å². The van der Waals surface area contributed by atoms with E-state index in [9.17, 15) is 23.8 Å². The fraction of sp³-hybridized carbons (Fsp3) is 0.464. The number of benzene rings is 2. The Hall–Kier alpha value is -3.04. The SMILES string of the molecule is [2H]c1c([2H])c(C2(C(=O)Cc3c(F)c([2H])c4c(c3[2H])c([2H])c(C(C)(C([2H])([2H])[2H])C([2H])([2H])C)n4C[C@]([2H])(O)C([2H])([2H])O)CC2)c([2H])c2c1OC(F)(F)O2. The number of Topliss-reactive ketones (excluding diaryl/α,β-unsaturated/α-hetero) is 1. The second kappa shape index (κ2) is 8.77. The molecule has 1 aliphatic heterocycles. The molecule has 2 N–H and O–H groups in total. The van der Waals surface area contributed by atoms with Gasteiger partial charge in [0, 0.05) is 29.8 Å². The van der Waals surface area contributed by atoms with Crippen LogP contribution in [0, 0.1) is 5.82 Å². The molecule has 1 unspecified atom stereocenters. The molecule has 3 aromatic rings. The van der Waals surface area contributed by atoms with Crippen LogP contribution < -0.4 is 9.47 Å². The molecule has 37 heavy (non-hydrogen) atoms. The van der Waals surface area contributed by atoms with Crippen LogP contribution in [0.4, 0.5) is 13.2 Å². The second-order valence-electron chi connectivity index (χ2n) is 9.02.